The zero-order chi connectivity index (χ0) is 29.8. The highest BCUT2D eigenvalue weighted by atomic mass is 16.8. The first kappa shape index (κ1) is 27.0. The first-order chi connectivity index (χ1) is 21.6. The Morgan fingerprint density at radius 3 is 1.80 bits per heavy atom. The van der Waals surface area contributed by atoms with E-state index >= 15 is 0 Å². The second-order valence-electron chi connectivity index (χ2n) is 11.1. The molecule has 0 aliphatic carbocycles. The van der Waals surface area contributed by atoms with Gasteiger partial charge in [-0.15, -0.1) is 0 Å². The third-order valence-corrected chi connectivity index (χ3v) is 8.62. The van der Waals surface area contributed by atoms with E-state index in [0.29, 0.717) is 22.3 Å². The second-order valence-corrected chi connectivity index (χ2v) is 11.1. The number of benzene rings is 5. The molecule has 3 aliphatic rings. The Balaban J connectivity index is 1.32. The predicted molar refractivity (Wildman–Crippen MR) is 161 cm³/mol. The van der Waals surface area contributed by atoms with Gasteiger partial charge in [-0.2, -0.15) is 0 Å². The van der Waals surface area contributed by atoms with Crippen LogP contribution in [-0.4, -0.2) is 56.4 Å². The van der Waals surface area contributed by atoms with Crippen molar-refractivity contribution < 1.29 is 38.0 Å². The monoisotopic (exact) mass is 588 g/mol. The van der Waals surface area contributed by atoms with Gasteiger partial charge >= 0.3 is 11.9 Å². The molecule has 2 saturated heterocycles. The predicted octanol–water partition coefficient (Wildman–Crippen LogP) is 6.21. The highest BCUT2D eigenvalue weighted by Gasteiger charge is 2.54. The van der Waals surface area contributed by atoms with Crippen molar-refractivity contribution in [1.82, 2.24) is 0 Å². The summed E-state index contributed by atoms with van der Waals surface area (Å²) in [4.78, 5) is 28.6. The number of fused-ring (bicyclic) bond motifs is 10. The SMILES string of the molecule is CO[C@H]1O[C@@H]2CO[C@@H](c3ccccc3)O[C@H]2[C@@H]2OC(=O)c3ccc4ccccc4c3-c3c(ccc4ccccc34)C(=O)O[C@@H]12. The van der Waals surface area contributed by atoms with Crippen molar-refractivity contribution in [3.05, 3.63) is 120 Å². The summed E-state index contributed by atoms with van der Waals surface area (Å²) in [5.41, 5.74) is 2.67. The van der Waals surface area contributed by atoms with Crippen LogP contribution >= 0.6 is 0 Å². The van der Waals surface area contributed by atoms with Gasteiger partial charge < -0.3 is 28.4 Å². The van der Waals surface area contributed by atoms with Gasteiger partial charge in [0, 0.05) is 23.8 Å². The molecule has 0 aromatic heterocycles. The molecule has 44 heavy (non-hydrogen) atoms. The normalized spacial score (nSPS) is 26.5. The van der Waals surface area contributed by atoms with Crippen molar-refractivity contribution >= 4 is 33.5 Å². The lowest BCUT2D eigenvalue weighted by Gasteiger charge is -2.48. The van der Waals surface area contributed by atoms with Gasteiger partial charge in [-0.3, -0.25) is 0 Å². The Kier molecular flexibility index (Phi) is 6.65. The van der Waals surface area contributed by atoms with E-state index in [1.807, 2.05) is 91.0 Å². The molecule has 0 bridgehead atoms. The van der Waals surface area contributed by atoms with E-state index in [1.54, 1.807) is 12.1 Å². The molecule has 0 radical (unpaired) electrons. The molecular weight excluding hydrogens is 560 g/mol. The molecule has 3 aliphatic heterocycles. The van der Waals surface area contributed by atoms with Crippen LogP contribution in [0, 0.1) is 0 Å². The average molecular weight is 589 g/mol. The van der Waals surface area contributed by atoms with E-state index in [4.69, 9.17) is 28.4 Å². The molecule has 0 unspecified atom stereocenters. The van der Waals surface area contributed by atoms with Crippen LogP contribution in [-0.2, 0) is 28.4 Å². The molecule has 3 heterocycles. The van der Waals surface area contributed by atoms with Crippen molar-refractivity contribution in [2.75, 3.05) is 13.7 Å². The standard InChI is InChI=1S/C36H28O8/c1-39-36-32-31(30-27(41-36)19-40-35(44-30)22-11-3-2-4-12-22)42-33(37)25-17-15-20-9-5-7-13-23(20)28(25)29-24-14-8-6-10-21(24)16-18-26(29)34(38)43-32/h2-18,27,30-32,35-36H,19H2,1H3/t27-,30-,31+,32-,35-,36+/m1/s1. The van der Waals surface area contributed by atoms with Crippen LogP contribution in [0.2, 0.25) is 0 Å². The molecule has 0 N–H and O–H groups in total. The zero-order valence-corrected chi connectivity index (χ0v) is 23.8. The number of rotatable bonds is 2. The minimum Gasteiger partial charge on any atom is -0.452 e. The van der Waals surface area contributed by atoms with Gasteiger partial charge in [0.25, 0.3) is 0 Å². The van der Waals surface area contributed by atoms with Gasteiger partial charge in [0.15, 0.2) is 24.8 Å². The Morgan fingerprint density at radius 2 is 1.18 bits per heavy atom. The first-order valence-corrected chi connectivity index (χ1v) is 14.6. The number of methoxy groups -OCH3 is 1. The van der Waals surface area contributed by atoms with Crippen LogP contribution in [0.25, 0.3) is 32.7 Å². The third kappa shape index (κ3) is 4.38. The van der Waals surface area contributed by atoms with Crippen LogP contribution in [0.15, 0.2) is 103 Å². The average Bonchev–Trinajstić information content (AvgIpc) is 3.07. The van der Waals surface area contributed by atoms with Crippen LogP contribution in [0.3, 0.4) is 0 Å². The number of hydrogen-bond donors (Lipinski definition) is 0. The first-order valence-electron chi connectivity index (χ1n) is 14.6. The Hall–Kier alpha value is -4.60. The van der Waals surface area contributed by atoms with Gasteiger partial charge in [0.05, 0.1) is 17.7 Å². The largest absolute Gasteiger partial charge is 0.452 e. The maximum atomic E-state index is 14.3. The molecular formula is C36H28O8. The topological polar surface area (TPSA) is 89.5 Å². The minimum absolute atomic E-state index is 0.162. The Labute approximate surface area is 253 Å². The van der Waals surface area contributed by atoms with Gasteiger partial charge in [0.1, 0.15) is 12.2 Å². The molecule has 6 atom stereocenters. The van der Waals surface area contributed by atoms with Gasteiger partial charge in [-0.25, -0.2) is 9.59 Å². The molecule has 8 nitrogen and oxygen atoms in total. The molecule has 8 rings (SSSR count). The van der Waals surface area contributed by atoms with Crippen molar-refractivity contribution in [1.29, 1.82) is 0 Å². The fourth-order valence-corrected chi connectivity index (χ4v) is 6.57. The summed E-state index contributed by atoms with van der Waals surface area (Å²) in [6, 6.07) is 32.3. The summed E-state index contributed by atoms with van der Waals surface area (Å²) in [6.45, 7) is 0.162. The summed E-state index contributed by atoms with van der Waals surface area (Å²) < 4.78 is 36.7. The third-order valence-electron chi connectivity index (χ3n) is 8.62. The lowest BCUT2D eigenvalue weighted by Crippen LogP contribution is -2.64. The summed E-state index contributed by atoms with van der Waals surface area (Å²) in [7, 11) is 1.46. The summed E-state index contributed by atoms with van der Waals surface area (Å²) in [6.07, 6.45) is -5.36. The Morgan fingerprint density at radius 1 is 0.614 bits per heavy atom. The van der Waals surface area contributed by atoms with Crippen molar-refractivity contribution in [3.8, 4) is 11.1 Å². The molecule has 0 amide bonds. The highest BCUT2D eigenvalue weighted by Crippen LogP contribution is 2.43. The lowest BCUT2D eigenvalue weighted by molar-refractivity contribution is -0.356. The zero-order valence-electron chi connectivity index (χ0n) is 23.8. The Bertz CT molecular complexity index is 1900. The molecule has 0 spiro atoms. The fourth-order valence-electron chi connectivity index (χ4n) is 6.57. The summed E-state index contributed by atoms with van der Waals surface area (Å²) >= 11 is 0. The number of carbonyl (C=O) groups is 2. The van der Waals surface area contributed by atoms with E-state index in [9.17, 15) is 9.59 Å². The van der Waals surface area contributed by atoms with Gasteiger partial charge in [-0.1, -0.05) is 91.0 Å². The molecule has 5 aromatic rings. The van der Waals surface area contributed by atoms with Gasteiger partial charge in [0.2, 0.25) is 0 Å². The summed E-state index contributed by atoms with van der Waals surface area (Å²) in [5.74, 6) is -1.16. The molecule has 2 fully saturated rings. The van der Waals surface area contributed by atoms with E-state index in [2.05, 4.69) is 0 Å². The maximum Gasteiger partial charge on any atom is 0.339 e. The lowest BCUT2D eigenvalue weighted by atomic mass is 9.86. The van der Waals surface area contributed by atoms with Crippen LogP contribution in [0.4, 0.5) is 0 Å². The van der Waals surface area contributed by atoms with E-state index in [1.165, 1.54) is 7.11 Å². The molecule has 0 saturated carbocycles. The van der Waals surface area contributed by atoms with Crippen molar-refractivity contribution in [2.24, 2.45) is 0 Å². The van der Waals surface area contributed by atoms with Crippen LogP contribution in [0.5, 0.6) is 0 Å². The molecule has 5 aromatic carbocycles. The molecule has 8 heteroatoms. The van der Waals surface area contributed by atoms with E-state index in [-0.39, 0.29) is 6.61 Å². The van der Waals surface area contributed by atoms with Crippen LogP contribution < -0.4 is 0 Å². The van der Waals surface area contributed by atoms with Crippen molar-refractivity contribution in [2.45, 2.75) is 37.0 Å². The maximum absolute atomic E-state index is 14.3. The van der Waals surface area contributed by atoms with Crippen molar-refractivity contribution in [3.63, 3.8) is 0 Å². The van der Waals surface area contributed by atoms with E-state index < -0.39 is 48.9 Å². The number of ether oxygens (including phenoxy) is 6. The smallest absolute Gasteiger partial charge is 0.339 e. The number of hydrogen-bond acceptors (Lipinski definition) is 8. The van der Waals surface area contributed by atoms with E-state index in [0.717, 1.165) is 27.1 Å². The molecule has 220 valence electrons. The van der Waals surface area contributed by atoms with Crippen LogP contribution in [0.1, 0.15) is 32.6 Å². The fraction of sp³-hybridized carbons (Fsp3) is 0.222. The quantitative estimate of drug-likeness (QED) is 0.225. The number of esters is 2. The minimum atomic E-state index is -1.12. The number of carbonyl (C=O) groups excluding carboxylic acids is 2. The van der Waals surface area contributed by atoms with Gasteiger partial charge in [-0.05, 0) is 33.7 Å². The summed E-state index contributed by atoms with van der Waals surface area (Å²) in [5, 5.41) is 3.47. The highest BCUT2D eigenvalue weighted by molar-refractivity contribution is 6.17. The second kappa shape index (κ2) is 10.8.